The van der Waals surface area contributed by atoms with Crippen LogP contribution in [-0.2, 0) is 0 Å². The summed E-state index contributed by atoms with van der Waals surface area (Å²) in [6.07, 6.45) is 0.842. The average Bonchev–Trinajstić information content (AvgIpc) is 2.54. The molecule has 1 aliphatic heterocycles. The van der Waals surface area contributed by atoms with Gasteiger partial charge in [-0.05, 0) is 56.4 Å². The number of benzene rings is 2. The molecule has 1 aliphatic rings. The van der Waals surface area contributed by atoms with E-state index in [1.165, 1.54) is 0 Å². The minimum atomic E-state index is -0.234. The number of para-hydroxylation sites is 1. The van der Waals surface area contributed by atoms with Gasteiger partial charge in [-0.25, -0.2) is 0 Å². The highest BCUT2D eigenvalue weighted by Crippen LogP contribution is 2.39. The van der Waals surface area contributed by atoms with E-state index in [-0.39, 0.29) is 11.6 Å². The molecule has 4 nitrogen and oxygen atoms in total. The number of hydrogen-bond donors (Lipinski definition) is 2. The lowest BCUT2D eigenvalue weighted by Gasteiger charge is -2.38. The molecule has 126 valence electrons. The predicted octanol–water partition coefficient (Wildman–Crippen LogP) is 4.28. The van der Waals surface area contributed by atoms with E-state index in [4.69, 9.17) is 21.7 Å². The van der Waals surface area contributed by atoms with Crippen molar-refractivity contribution < 1.29 is 9.47 Å². The molecule has 0 unspecified atom stereocenters. The van der Waals surface area contributed by atoms with Gasteiger partial charge in [0.2, 0.25) is 0 Å². The van der Waals surface area contributed by atoms with Crippen LogP contribution in [0.25, 0.3) is 0 Å². The highest BCUT2D eigenvalue weighted by atomic mass is 32.1. The van der Waals surface area contributed by atoms with E-state index in [2.05, 4.69) is 30.5 Å². The van der Waals surface area contributed by atoms with Crippen LogP contribution in [-0.4, -0.2) is 17.8 Å². The molecule has 24 heavy (non-hydrogen) atoms. The Balaban J connectivity index is 1.71. The van der Waals surface area contributed by atoms with Crippen LogP contribution in [0.5, 0.6) is 11.5 Å². The van der Waals surface area contributed by atoms with E-state index in [9.17, 15) is 0 Å². The van der Waals surface area contributed by atoms with Gasteiger partial charge in [-0.2, -0.15) is 0 Å². The highest BCUT2D eigenvalue weighted by Gasteiger charge is 2.33. The number of fused-ring (bicyclic) bond motifs is 1. The van der Waals surface area contributed by atoms with Gasteiger partial charge in [-0.15, -0.1) is 0 Å². The number of methoxy groups -OCH3 is 1. The molecular weight excluding hydrogens is 320 g/mol. The maximum Gasteiger partial charge on any atom is 0.171 e. The van der Waals surface area contributed by atoms with Crippen molar-refractivity contribution >= 4 is 23.0 Å². The highest BCUT2D eigenvalue weighted by molar-refractivity contribution is 7.80. The van der Waals surface area contributed by atoms with Crippen molar-refractivity contribution in [1.82, 2.24) is 5.32 Å². The smallest absolute Gasteiger partial charge is 0.171 e. The second-order valence-corrected chi connectivity index (χ2v) is 6.89. The Labute approximate surface area is 148 Å². The average molecular weight is 342 g/mol. The lowest BCUT2D eigenvalue weighted by atomic mass is 9.90. The van der Waals surface area contributed by atoms with Gasteiger partial charge < -0.3 is 20.1 Å². The molecule has 0 bridgehead atoms. The molecule has 0 aliphatic carbocycles. The third kappa shape index (κ3) is 3.79. The van der Waals surface area contributed by atoms with Gasteiger partial charge in [0.1, 0.15) is 17.1 Å². The normalized spacial score (nSPS) is 18.0. The number of thiocarbonyl (C=S) groups is 1. The van der Waals surface area contributed by atoms with Crippen LogP contribution in [0.1, 0.15) is 31.9 Å². The number of nitrogens with one attached hydrogen (secondary N) is 2. The maximum absolute atomic E-state index is 6.06. The molecule has 2 aromatic carbocycles. The molecule has 0 radical (unpaired) electrons. The third-order valence-electron chi connectivity index (χ3n) is 4.03. The molecule has 2 aromatic rings. The molecule has 0 aromatic heterocycles. The van der Waals surface area contributed by atoms with Gasteiger partial charge in [-0.1, -0.05) is 18.2 Å². The summed E-state index contributed by atoms with van der Waals surface area (Å²) in [5.41, 5.74) is 1.82. The molecule has 1 heterocycles. The van der Waals surface area contributed by atoms with E-state index < -0.39 is 0 Å². The zero-order chi connectivity index (χ0) is 17.2. The Morgan fingerprint density at radius 1 is 1.17 bits per heavy atom. The zero-order valence-corrected chi connectivity index (χ0v) is 14.9. The van der Waals surface area contributed by atoms with Crippen LogP contribution in [0.3, 0.4) is 0 Å². The van der Waals surface area contributed by atoms with Crippen LogP contribution in [0.15, 0.2) is 48.5 Å². The van der Waals surface area contributed by atoms with Crippen LogP contribution in [0, 0.1) is 0 Å². The fourth-order valence-corrected chi connectivity index (χ4v) is 3.19. The first kappa shape index (κ1) is 16.6. The Kier molecular flexibility index (Phi) is 4.62. The molecule has 0 amide bonds. The molecular formula is C19H22N2O2S. The summed E-state index contributed by atoms with van der Waals surface area (Å²) in [7, 11) is 1.65. The summed E-state index contributed by atoms with van der Waals surface area (Å²) >= 11 is 5.49. The van der Waals surface area contributed by atoms with Crippen molar-refractivity contribution in [2.45, 2.75) is 31.9 Å². The van der Waals surface area contributed by atoms with E-state index in [1.54, 1.807) is 7.11 Å². The molecule has 0 saturated carbocycles. The van der Waals surface area contributed by atoms with Gasteiger partial charge in [0, 0.05) is 17.7 Å². The van der Waals surface area contributed by atoms with E-state index in [0.717, 1.165) is 29.2 Å². The van der Waals surface area contributed by atoms with Crippen molar-refractivity contribution in [2.75, 3.05) is 12.4 Å². The van der Waals surface area contributed by atoms with Crippen LogP contribution >= 0.6 is 12.2 Å². The fraction of sp³-hybridized carbons (Fsp3) is 0.316. The van der Waals surface area contributed by atoms with Crippen LogP contribution in [0.2, 0.25) is 0 Å². The van der Waals surface area contributed by atoms with Gasteiger partial charge in [0.25, 0.3) is 0 Å². The Bertz CT molecular complexity index is 728. The molecule has 2 N–H and O–H groups in total. The van der Waals surface area contributed by atoms with Crippen LogP contribution in [0.4, 0.5) is 5.69 Å². The number of hydrogen-bond acceptors (Lipinski definition) is 3. The maximum atomic E-state index is 6.06. The summed E-state index contributed by atoms with van der Waals surface area (Å²) in [5, 5.41) is 7.23. The van der Waals surface area contributed by atoms with Crippen molar-refractivity contribution in [3.63, 3.8) is 0 Å². The van der Waals surface area contributed by atoms with Gasteiger partial charge in [0.05, 0.1) is 13.2 Å². The summed E-state index contributed by atoms with van der Waals surface area (Å²) < 4.78 is 11.2. The second kappa shape index (κ2) is 6.69. The molecule has 0 saturated heterocycles. The molecule has 0 spiro atoms. The number of ether oxygens (including phenoxy) is 2. The van der Waals surface area contributed by atoms with E-state index >= 15 is 0 Å². The topological polar surface area (TPSA) is 42.5 Å². The molecule has 5 heteroatoms. The van der Waals surface area contributed by atoms with Gasteiger partial charge in [-0.3, -0.25) is 0 Å². The Hall–Kier alpha value is -2.27. The Morgan fingerprint density at radius 2 is 1.88 bits per heavy atom. The lowest BCUT2D eigenvalue weighted by Crippen LogP contribution is -2.42. The first-order valence-electron chi connectivity index (χ1n) is 7.96. The monoisotopic (exact) mass is 342 g/mol. The molecule has 3 rings (SSSR count). The van der Waals surface area contributed by atoms with Crippen molar-refractivity contribution in [1.29, 1.82) is 0 Å². The minimum Gasteiger partial charge on any atom is -0.497 e. The number of rotatable bonds is 3. The summed E-state index contributed by atoms with van der Waals surface area (Å²) in [6.45, 7) is 4.19. The van der Waals surface area contributed by atoms with Crippen molar-refractivity contribution in [3.8, 4) is 11.5 Å². The SMILES string of the molecule is COc1ccc(NC(=S)N[C@@H]2CC(C)(C)Oc3ccccc32)cc1. The van der Waals surface area contributed by atoms with Crippen molar-refractivity contribution in [3.05, 3.63) is 54.1 Å². The first-order valence-corrected chi connectivity index (χ1v) is 8.37. The molecule has 0 fully saturated rings. The fourth-order valence-electron chi connectivity index (χ4n) is 2.93. The first-order chi connectivity index (χ1) is 11.5. The lowest BCUT2D eigenvalue weighted by molar-refractivity contribution is 0.0697. The number of anilines is 1. The van der Waals surface area contributed by atoms with Crippen LogP contribution < -0.4 is 20.1 Å². The third-order valence-corrected chi connectivity index (χ3v) is 4.25. The Morgan fingerprint density at radius 3 is 2.58 bits per heavy atom. The van der Waals surface area contributed by atoms with E-state index in [1.807, 2.05) is 42.5 Å². The molecule has 1 atom stereocenters. The zero-order valence-electron chi connectivity index (χ0n) is 14.1. The summed E-state index contributed by atoms with van der Waals surface area (Å²) in [4.78, 5) is 0. The quantitative estimate of drug-likeness (QED) is 0.815. The standard InChI is InChI=1S/C19H22N2O2S/c1-19(2)12-16(15-6-4-5-7-17(15)23-19)21-18(24)20-13-8-10-14(22-3)11-9-13/h4-11,16H,12H2,1-3H3,(H2,20,21,24)/t16-/m1/s1. The summed E-state index contributed by atoms with van der Waals surface area (Å²) in [5.74, 6) is 1.73. The minimum absolute atomic E-state index is 0.114. The predicted molar refractivity (Wildman–Crippen MR) is 101 cm³/mol. The largest absolute Gasteiger partial charge is 0.497 e. The second-order valence-electron chi connectivity index (χ2n) is 6.48. The van der Waals surface area contributed by atoms with Gasteiger partial charge in [0.15, 0.2) is 5.11 Å². The van der Waals surface area contributed by atoms with Gasteiger partial charge >= 0.3 is 0 Å². The van der Waals surface area contributed by atoms with E-state index in [0.29, 0.717) is 5.11 Å². The summed E-state index contributed by atoms with van der Waals surface area (Å²) in [6, 6.07) is 15.9. The van der Waals surface area contributed by atoms with Crippen molar-refractivity contribution in [2.24, 2.45) is 0 Å².